The van der Waals surface area contributed by atoms with Crippen LogP contribution in [-0.4, -0.2) is 11.7 Å². The molecule has 0 amide bonds. The van der Waals surface area contributed by atoms with Gasteiger partial charge >= 0.3 is 0 Å². The summed E-state index contributed by atoms with van der Waals surface area (Å²) in [7, 11) is 0. The third kappa shape index (κ3) is 3.54. The van der Waals surface area contributed by atoms with Gasteiger partial charge in [-0.15, -0.1) is 0 Å². The molecule has 3 nitrogen and oxygen atoms in total. The number of aliphatic hydroxyl groups excluding tert-OH is 1. The molecular formula is C15H12FNO2. The molecule has 0 radical (unpaired) electrons. The summed E-state index contributed by atoms with van der Waals surface area (Å²) in [6.45, 7) is 0.0670. The zero-order valence-electron chi connectivity index (χ0n) is 10.1. The predicted molar refractivity (Wildman–Crippen MR) is 68.0 cm³/mol. The van der Waals surface area contributed by atoms with E-state index in [0.29, 0.717) is 16.9 Å². The Morgan fingerprint density at radius 3 is 2.32 bits per heavy atom. The Morgan fingerprint density at radius 1 is 1.11 bits per heavy atom. The standard InChI is InChI=1S/C15H12FNO2/c16-13-5-3-12(4-6-13)15(18)10-19-14-7-1-11(9-17)2-8-14/h1-8,15,18H,10H2. The second-order valence-electron chi connectivity index (χ2n) is 4.01. The lowest BCUT2D eigenvalue weighted by atomic mass is 10.1. The van der Waals surface area contributed by atoms with E-state index in [-0.39, 0.29) is 12.4 Å². The number of rotatable bonds is 4. The van der Waals surface area contributed by atoms with Gasteiger partial charge in [-0.3, -0.25) is 0 Å². The lowest BCUT2D eigenvalue weighted by Crippen LogP contribution is -2.09. The first kappa shape index (κ1) is 13.1. The maximum Gasteiger partial charge on any atom is 0.123 e. The molecular weight excluding hydrogens is 245 g/mol. The van der Waals surface area contributed by atoms with Gasteiger partial charge in [-0.1, -0.05) is 12.1 Å². The van der Waals surface area contributed by atoms with Crippen LogP contribution in [0.25, 0.3) is 0 Å². The van der Waals surface area contributed by atoms with Crippen LogP contribution in [0.15, 0.2) is 48.5 Å². The molecule has 1 N–H and O–H groups in total. The Labute approximate surface area is 110 Å². The highest BCUT2D eigenvalue weighted by molar-refractivity contribution is 5.34. The average molecular weight is 257 g/mol. The van der Waals surface area contributed by atoms with Crippen LogP contribution in [0.5, 0.6) is 5.75 Å². The van der Waals surface area contributed by atoms with Gasteiger partial charge in [0, 0.05) is 0 Å². The smallest absolute Gasteiger partial charge is 0.123 e. The molecule has 0 saturated carbocycles. The minimum absolute atomic E-state index is 0.0670. The molecule has 0 spiro atoms. The first-order chi connectivity index (χ1) is 9.19. The van der Waals surface area contributed by atoms with Crippen molar-refractivity contribution in [3.8, 4) is 11.8 Å². The second-order valence-corrected chi connectivity index (χ2v) is 4.01. The van der Waals surface area contributed by atoms with E-state index >= 15 is 0 Å². The molecule has 2 aromatic carbocycles. The Bertz CT molecular complexity index is 573. The van der Waals surface area contributed by atoms with Gasteiger partial charge in [0.2, 0.25) is 0 Å². The summed E-state index contributed by atoms with van der Waals surface area (Å²) in [4.78, 5) is 0. The molecule has 0 fully saturated rings. The van der Waals surface area contributed by atoms with Gasteiger partial charge in [0.05, 0.1) is 11.6 Å². The number of hydrogen-bond donors (Lipinski definition) is 1. The van der Waals surface area contributed by atoms with Crippen LogP contribution < -0.4 is 4.74 Å². The number of hydrogen-bond acceptors (Lipinski definition) is 3. The summed E-state index contributed by atoms with van der Waals surface area (Å²) >= 11 is 0. The molecule has 0 bridgehead atoms. The van der Waals surface area contributed by atoms with Gasteiger partial charge in [-0.2, -0.15) is 5.26 Å². The monoisotopic (exact) mass is 257 g/mol. The first-order valence-electron chi connectivity index (χ1n) is 5.75. The van der Waals surface area contributed by atoms with E-state index in [4.69, 9.17) is 10.00 Å². The first-order valence-corrected chi connectivity index (χ1v) is 5.75. The van der Waals surface area contributed by atoms with Crippen LogP contribution in [0.2, 0.25) is 0 Å². The van der Waals surface area contributed by atoms with E-state index in [1.165, 1.54) is 24.3 Å². The van der Waals surface area contributed by atoms with Gasteiger partial charge in [-0.25, -0.2) is 4.39 Å². The van der Waals surface area contributed by atoms with Crippen molar-refractivity contribution in [1.82, 2.24) is 0 Å². The summed E-state index contributed by atoms with van der Waals surface area (Å²) in [6, 6.07) is 14.2. The fourth-order valence-corrected chi connectivity index (χ4v) is 1.58. The van der Waals surface area contributed by atoms with Gasteiger partial charge in [0.25, 0.3) is 0 Å². The fraction of sp³-hybridized carbons (Fsp3) is 0.133. The SMILES string of the molecule is N#Cc1ccc(OCC(O)c2ccc(F)cc2)cc1. The van der Waals surface area contributed by atoms with Gasteiger partial charge in [0.15, 0.2) is 0 Å². The Morgan fingerprint density at radius 2 is 1.74 bits per heavy atom. The van der Waals surface area contributed by atoms with Crippen LogP contribution in [0.1, 0.15) is 17.2 Å². The summed E-state index contributed by atoms with van der Waals surface area (Å²) < 4.78 is 18.1. The van der Waals surface area contributed by atoms with Crippen LogP contribution >= 0.6 is 0 Å². The topological polar surface area (TPSA) is 53.2 Å². The molecule has 0 heterocycles. The Balaban J connectivity index is 1.94. The van der Waals surface area contributed by atoms with E-state index in [2.05, 4.69) is 0 Å². The zero-order valence-corrected chi connectivity index (χ0v) is 10.1. The summed E-state index contributed by atoms with van der Waals surface area (Å²) in [5.41, 5.74) is 1.14. The molecule has 2 aromatic rings. The van der Waals surface area contributed by atoms with Crippen molar-refractivity contribution in [3.63, 3.8) is 0 Å². The number of benzene rings is 2. The van der Waals surface area contributed by atoms with Crippen LogP contribution in [0.4, 0.5) is 4.39 Å². The van der Waals surface area contributed by atoms with Crippen molar-refractivity contribution in [2.75, 3.05) is 6.61 Å². The highest BCUT2D eigenvalue weighted by atomic mass is 19.1. The average Bonchev–Trinajstić information content (AvgIpc) is 2.46. The van der Waals surface area contributed by atoms with E-state index in [1.54, 1.807) is 24.3 Å². The Kier molecular flexibility index (Phi) is 4.11. The van der Waals surface area contributed by atoms with E-state index in [0.717, 1.165) is 0 Å². The summed E-state index contributed by atoms with van der Waals surface area (Å²) in [6.07, 6.45) is -0.823. The minimum Gasteiger partial charge on any atom is -0.491 e. The third-order valence-electron chi connectivity index (χ3n) is 2.65. The third-order valence-corrected chi connectivity index (χ3v) is 2.65. The van der Waals surface area contributed by atoms with Crippen molar-refractivity contribution in [2.24, 2.45) is 0 Å². The van der Waals surface area contributed by atoms with Gasteiger partial charge in [-0.05, 0) is 42.0 Å². The minimum atomic E-state index is -0.823. The molecule has 0 saturated heterocycles. The molecule has 4 heteroatoms. The summed E-state index contributed by atoms with van der Waals surface area (Å²) in [5.74, 6) is 0.226. The lowest BCUT2D eigenvalue weighted by molar-refractivity contribution is 0.108. The Hall–Kier alpha value is -2.38. The van der Waals surface area contributed by atoms with E-state index in [1.807, 2.05) is 6.07 Å². The van der Waals surface area contributed by atoms with E-state index < -0.39 is 6.10 Å². The van der Waals surface area contributed by atoms with Crippen LogP contribution in [0, 0.1) is 17.1 Å². The van der Waals surface area contributed by atoms with Crippen molar-refractivity contribution in [2.45, 2.75) is 6.10 Å². The zero-order chi connectivity index (χ0) is 13.7. The number of aliphatic hydroxyl groups is 1. The highest BCUT2D eigenvalue weighted by Gasteiger charge is 2.08. The van der Waals surface area contributed by atoms with Gasteiger partial charge in [0.1, 0.15) is 24.3 Å². The maximum absolute atomic E-state index is 12.7. The molecule has 0 aliphatic heterocycles. The van der Waals surface area contributed by atoms with Crippen LogP contribution in [-0.2, 0) is 0 Å². The molecule has 1 atom stereocenters. The van der Waals surface area contributed by atoms with Crippen molar-refractivity contribution in [1.29, 1.82) is 5.26 Å². The quantitative estimate of drug-likeness (QED) is 0.916. The number of halogens is 1. The van der Waals surface area contributed by atoms with Crippen LogP contribution in [0.3, 0.4) is 0 Å². The summed E-state index contributed by atoms with van der Waals surface area (Å²) in [5, 5.41) is 18.5. The fourth-order valence-electron chi connectivity index (χ4n) is 1.58. The van der Waals surface area contributed by atoms with Crippen molar-refractivity contribution < 1.29 is 14.2 Å². The predicted octanol–water partition coefficient (Wildman–Crippen LogP) is 2.81. The molecule has 0 aliphatic carbocycles. The van der Waals surface area contributed by atoms with Crippen molar-refractivity contribution in [3.05, 3.63) is 65.5 Å². The molecule has 2 rings (SSSR count). The largest absolute Gasteiger partial charge is 0.491 e. The van der Waals surface area contributed by atoms with E-state index in [9.17, 15) is 9.50 Å². The number of ether oxygens (including phenoxy) is 1. The van der Waals surface area contributed by atoms with Gasteiger partial charge < -0.3 is 9.84 Å². The highest BCUT2D eigenvalue weighted by Crippen LogP contribution is 2.17. The number of nitriles is 1. The van der Waals surface area contributed by atoms with Crippen molar-refractivity contribution >= 4 is 0 Å². The molecule has 19 heavy (non-hydrogen) atoms. The molecule has 1 unspecified atom stereocenters. The lowest BCUT2D eigenvalue weighted by Gasteiger charge is -2.12. The molecule has 96 valence electrons. The molecule has 0 aliphatic rings. The second kappa shape index (κ2) is 5.98. The normalized spacial score (nSPS) is 11.6. The number of nitrogens with zero attached hydrogens (tertiary/aromatic N) is 1. The maximum atomic E-state index is 12.7. The molecule has 0 aromatic heterocycles.